The summed E-state index contributed by atoms with van der Waals surface area (Å²) in [6.45, 7) is 0. The van der Waals surface area contributed by atoms with Crippen LogP contribution in [0.1, 0.15) is 0 Å². The van der Waals surface area contributed by atoms with E-state index < -0.39 is 0 Å². The molecular formula is C20H11NO2S. The molecule has 3 nitrogen and oxygen atoms in total. The summed E-state index contributed by atoms with van der Waals surface area (Å²) in [6, 6.07) is 21.5. The highest BCUT2D eigenvalue weighted by Gasteiger charge is 2.20. The van der Waals surface area contributed by atoms with Crippen molar-refractivity contribution >= 4 is 48.0 Å². The Labute approximate surface area is 141 Å². The van der Waals surface area contributed by atoms with Gasteiger partial charge in [0.1, 0.15) is 0 Å². The average Bonchev–Trinajstić information content (AvgIpc) is 2.99. The molecule has 0 saturated carbocycles. The van der Waals surface area contributed by atoms with Gasteiger partial charge < -0.3 is 0 Å². The molecule has 0 amide bonds. The summed E-state index contributed by atoms with van der Waals surface area (Å²) in [5.74, 6) is 0. The number of nitro benzene ring substituents is 1. The number of para-hydroxylation sites is 1. The Kier molecular flexibility index (Phi) is 2.67. The minimum Gasteiger partial charge on any atom is -0.258 e. The van der Waals surface area contributed by atoms with E-state index in [9.17, 15) is 10.1 Å². The third-order valence-electron chi connectivity index (χ3n) is 4.54. The molecule has 0 radical (unpaired) electrons. The lowest BCUT2D eigenvalue weighted by Gasteiger charge is -2.10. The normalized spacial score (nSPS) is 11.7. The lowest BCUT2D eigenvalue weighted by Crippen LogP contribution is -1.92. The van der Waals surface area contributed by atoms with Crippen LogP contribution in [0, 0.1) is 10.1 Å². The summed E-state index contributed by atoms with van der Waals surface area (Å²) in [6.07, 6.45) is 0. The Balaban J connectivity index is 2.01. The fraction of sp³-hybridized carbons (Fsp3) is 0. The van der Waals surface area contributed by atoms with Crippen LogP contribution in [0.5, 0.6) is 0 Å². The number of rotatable bonds is 2. The first-order chi connectivity index (χ1) is 11.7. The maximum atomic E-state index is 11.5. The number of hydrogen-bond donors (Lipinski definition) is 0. The first-order valence-corrected chi connectivity index (χ1v) is 8.46. The number of hydrogen-bond acceptors (Lipinski definition) is 3. The van der Waals surface area contributed by atoms with Gasteiger partial charge in [0.25, 0.3) is 5.69 Å². The van der Waals surface area contributed by atoms with Gasteiger partial charge in [0.2, 0.25) is 0 Å². The topological polar surface area (TPSA) is 43.1 Å². The zero-order chi connectivity index (χ0) is 16.3. The fourth-order valence-corrected chi connectivity index (χ4v) is 4.72. The van der Waals surface area contributed by atoms with Crippen molar-refractivity contribution in [3.8, 4) is 11.1 Å². The molecule has 0 aliphatic rings. The van der Waals surface area contributed by atoms with Crippen LogP contribution in [0.15, 0.2) is 66.7 Å². The maximum Gasteiger partial charge on any atom is 0.277 e. The molecule has 0 unspecified atom stereocenters. The van der Waals surface area contributed by atoms with Crippen molar-refractivity contribution in [3.63, 3.8) is 0 Å². The lowest BCUT2D eigenvalue weighted by atomic mass is 9.92. The Morgan fingerprint density at radius 1 is 0.792 bits per heavy atom. The third kappa shape index (κ3) is 1.71. The van der Waals surface area contributed by atoms with Crippen LogP contribution in [0.4, 0.5) is 5.69 Å². The maximum absolute atomic E-state index is 11.5. The SMILES string of the molecule is O=[N+]([O-])c1ccccc1-c1cc2cccc3sc4cccc1c4c23. The van der Waals surface area contributed by atoms with Crippen LogP contribution in [0.3, 0.4) is 0 Å². The largest absolute Gasteiger partial charge is 0.277 e. The molecule has 0 saturated heterocycles. The van der Waals surface area contributed by atoms with Crippen LogP contribution in [-0.4, -0.2) is 4.92 Å². The van der Waals surface area contributed by atoms with E-state index in [-0.39, 0.29) is 10.6 Å². The molecule has 0 N–H and O–H groups in total. The lowest BCUT2D eigenvalue weighted by molar-refractivity contribution is -0.384. The third-order valence-corrected chi connectivity index (χ3v) is 5.66. The molecule has 0 aliphatic carbocycles. The summed E-state index contributed by atoms with van der Waals surface area (Å²) in [4.78, 5) is 11.2. The van der Waals surface area contributed by atoms with Gasteiger partial charge in [-0.1, -0.05) is 36.4 Å². The molecule has 4 heteroatoms. The van der Waals surface area contributed by atoms with Crippen molar-refractivity contribution in [2.45, 2.75) is 0 Å². The summed E-state index contributed by atoms with van der Waals surface area (Å²) in [5.41, 5.74) is 1.74. The van der Waals surface area contributed by atoms with E-state index in [4.69, 9.17) is 0 Å². The van der Waals surface area contributed by atoms with Gasteiger partial charge in [-0.05, 0) is 40.6 Å². The van der Waals surface area contributed by atoms with Crippen molar-refractivity contribution < 1.29 is 4.92 Å². The molecule has 0 spiro atoms. The Bertz CT molecular complexity index is 1240. The number of nitrogens with zero attached hydrogens (tertiary/aromatic N) is 1. The second-order valence-corrected chi connectivity index (χ2v) is 6.92. The van der Waals surface area contributed by atoms with Crippen molar-refractivity contribution in [1.82, 2.24) is 0 Å². The molecule has 0 atom stereocenters. The molecule has 0 bridgehead atoms. The van der Waals surface area contributed by atoms with Gasteiger partial charge in [0.15, 0.2) is 0 Å². The van der Waals surface area contributed by atoms with E-state index in [1.165, 1.54) is 20.2 Å². The number of nitro groups is 1. The van der Waals surface area contributed by atoms with E-state index >= 15 is 0 Å². The highest BCUT2D eigenvalue weighted by molar-refractivity contribution is 7.26. The predicted molar refractivity (Wildman–Crippen MR) is 100 cm³/mol. The quantitative estimate of drug-likeness (QED) is 0.219. The zero-order valence-electron chi connectivity index (χ0n) is 12.5. The molecule has 1 aromatic heterocycles. The van der Waals surface area contributed by atoms with E-state index in [1.807, 2.05) is 24.3 Å². The number of benzene rings is 4. The Morgan fingerprint density at radius 2 is 1.54 bits per heavy atom. The van der Waals surface area contributed by atoms with Gasteiger partial charge in [0.05, 0.1) is 10.5 Å². The zero-order valence-corrected chi connectivity index (χ0v) is 13.3. The molecule has 114 valence electrons. The first-order valence-electron chi connectivity index (χ1n) is 7.64. The van der Waals surface area contributed by atoms with Crippen molar-refractivity contribution in [2.75, 3.05) is 0 Å². The average molecular weight is 329 g/mol. The van der Waals surface area contributed by atoms with Gasteiger partial charge in [-0.15, -0.1) is 11.3 Å². The smallest absolute Gasteiger partial charge is 0.258 e. The number of thiophene rings is 1. The standard InChI is InChI=1S/C20H11NO2S/c22-21(23)16-8-2-1-6-13(16)15-11-12-5-3-9-17-19(12)20-14(15)7-4-10-18(20)24-17/h1-11H. The summed E-state index contributed by atoms with van der Waals surface area (Å²) in [5, 5.41) is 16.2. The van der Waals surface area contributed by atoms with Crippen LogP contribution in [0.2, 0.25) is 0 Å². The van der Waals surface area contributed by atoms with E-state index in [0.29, 0.717) is 5.56 Å². The van der Waals surface area contributed by atoms with Crippen molar-refractivity contribution in [3.05, 3.63) is 76.8 Å². The molecule has 0 fully saturated rings. The molecule has 24 heavy (non-hydrogen) atoms. The fourth-order valence-electron chi connectivity index (χ4n) is 3.55. The molecule has 0 aliphatic heterocycles. The molecule has 5 aromatic rings. The molecular weight excluding hydrogens is 318 g/mol. The highest BCUT2D eigenvalue weighted by Crippen LogP contribution is 2.45. The van der Waals surface area contributed by atoms with E-state index in [0.717, 1.165) is 16.3 Å². The monoisotopic (exact) mass is 329 g/mol. The van der Waals surface area contributed by atoms with Gasteiger partial charge in [-0.25, -0.2) is 0 Å². The van der Waals surface area contributed by atoms with E-state index in [1.54, 1.807) is 23.5 Å². The van der Waals surface area contributed by atoms with Crippen molar-refractivity contribution in [2.24, 2.45) is 0 Å². The minimum absolute atomic E-state index is 0.145. The summed E-state index contributed by atoms with van der Waals surface area (Å²) >= 11 is 1.77. The van der Waals surface area contributed by atoms with E-state index in [2.05, 4.69) is 30.3 Å². The second kappa shape index (κ2) is 4.76. The minimum atomic E-state index is -0.306. The van der Waals surface area contributed by atoms with Gasteiger partial charge in [-0.2, -0.15) is 0 Å². The van der Waals surface area contributed by atoms with Crippen LogP contribution >= 0.6 is 11.3 Å². The van der Waals surface area contributed by atoms with Gasteiger partial charge in [0, 0.05) is 26.2 Å². The molecule has 5 rings (SSSR count). The van der Waals surface area contributed by atoms with Crippen molar-refractivity contribution in [1.29, 1.82) is 0 Å². The van der Waals surface area contributed by atoms with Gasteiger partial charge >= 0.3 is 0 Å². The molecule has 4 aromatic carbocycles. The van der Waals surface area contributed by atoms with Gasteiger partial charge in [-0.3, -0.25) is 10.1 Å². The van der Waals surface area contributed by atoms with Crippen LogP contribution < -0.4 is 0 Å². The summed E-state index contributed by atoms with van der Waals surface area (Å²) in [7, 11) is 0. The first kappa shape index (κ1) is 13.5. The van der Waals surface area contributed by atoms with Crippen LogP contribution in [-0.2, 0) is 0 Å². The highest BCUT2D eigenvalue weighted by atomic mass is 32.1. The Morgan fingerprint density at radius 3 is 2.38 bits per heavy atom. The second-order valence-electron chi connectivity index (χ2n) is 5.83. The Hall–Kier alpha value is -2.98. The molecule has 1 heterocycles. The predicted octanol–water partition coefficient (Wildman–Crippen LogP) is 6.22. The van der Waals surface area contributed by atoms with Crippen LogP contribution in [0.25, 0.3) is 42.1 Å². The summed E-state index contributed by atoms with van der Waals surface area (Å²) < 4.78 is 2.48.